The van der Waals surface area contributed by atoms with Crippen LogP contribution in [0.3, 0.4) is 0 Å². The van der Waals surface area contributed by atoms with Gasteiger partial charge in [-0.2, -0.15) is 0 Å². The predicted octanol–water partition coefficient (Wildman–Crippen LogP) is 4.96. The summed E-state index contributed by atoms with van der Waals surface area (Å²) in [5.74, 6) is 1.16. The summed E-state index contributed by atoms with van der Waals surface area (Å²) in [6.07, 6.45) is 4.11. The van der Waals surface area contributed by atoms with Crippen LogP contribution in [-0.2, 0) is 4.79 Å². The molecule has 180 valence electrons. The number of piperidine rings is 2. The van der Waals surface area contributed by atoms with E-state index in [2.05, 4.69) is 65.0 Å². The zero-order valence-electron chi connectivity index (χ0n) is 20.4. The Labute approximate surface area is 206 Å². The third-order valence-electron chi connectivity index (χ3n) is 7.48. The van der Waals surface area contributed by atoms with Gasteiger partial charge in [0, 0.05) is 43.5 Å². The quantitative estimate of drug-likeness (QED) is 0.574. The zero-order chi connectivity index (χ0) is 23.8. The van der Waals surface area contributed by atoms with Gasteiger partial charge in [0.2, 0.25) is 5.91 Å². The first kappa shape index (κ1) is 23.2. The summed E-state index contributed by atoms with van der Waals surface area (Å²) in [4.78, 5) is 28.2. The van der Waals surface area contributed by atoms with E-state index in [0.29, 0.717) is 17.0 Å². The average Bonchev–Trinajstić information content (AvgIpc) is 3.27. The number of imidazole rings is 1. The Balaban J connectivity index is 1.32. The number of nitrogens with one attached hydrogen (secondary N) is 1. The molecule has 0 saturated carbocycles. The minimum Gasteiger partial charge on any atom is -0.371 e. The van der Waals surface area contributed by atoms with Crippen molar-refractivity contribution in [2.24, 2.45) is 5.92 Å². The lowest BCUT2D eigenvalue weighted by molar-refractivity contribution is -0.137. The van der Waals surface area contributed by atoms with Crippen LogP contribution in [0.25, 0.3) is 22.4 Å². The number of likely N-dealkylation sites (tertiary alicyclic amines) is 1. The first-order valence-corrected chi connectivity index (χ1v) is 12.7. The molecule has 7 heteroatoms. The van der Waals surface area contributed by atoms with Gasteiger partial charge in [-0.1, -0.05) is 17.7 Å². The number of aromatic nitrogens is 2. The number of carbonyl (C=O) groups excluding carboxylic acids is 1. The molecule has 0 bridgehead atoms. The maximum atomic E-state index is 13.3. The Morgan fingerprint density at radius 1 is 1.09 bits per heavy atom. The molecule has 5 rings (SSSR count). The third kappa shape index (κ3) is 4.66. The largest absolute Gasteiger partial charge is 0.371 e. The summed E-state index contributed by atoms with van der Waals surface area (Å²) < 4.78 is 0. The van der Waals surface area contributed by atoms with Gasteiger partial charge in [0.15, 0.2) is 0 Å². The Bertz CT molecular complexity index is 1180. The highest BCUT2D eigenvalue weighted by molar-refractivity contribution is 6.33. The van der Waals surface area contributed by atoms with Crippen LogP contribution in [0.15, 0.2) is 36.4 Å². The van der Waals surface area contributed by atoms with Crippen molar-refractivity contribution in [3.8, 4) is 11.4 Å². The summed E-state index contributed by atoms with van der Waals surface area (Å²) in [6, 6.07) is 12.9. The van der Waals surface area contributed by atoms with Crippen LogP contribution in [0.4, 0.5) is 5.69 Å². The second kappa shape index (κ2) is 9.59. The van der Waals surface area contributed by atoms with Crippen molar-refractivity contribution < 1.29 is 4.79 Å². The highest BCUT2D eigenvalue weighted by Crippen LogP contribution is 2.34. The molecule has 0 radical (unpaired) electrons. The number of nitrogens with zero attached hydrogens (tertiary/aromatic N) is 4. The van der Waals surface area contributed by atoms with Crippen LogP contribution in [0.2, 0.25) is 5.02 Å². The molecule has 6 nitrogen and oxygen atoms in total. The molecule has 0 aliphatic carbocycles. The van der Waals surface area contributed by atoms with E-state index in [9.17, 15) is 4.79 Å². The summed E-state index contributed by atoms with van der Waals surface area (Å²) in [6.45, 7) is 5.52. The Morgan fingerprint density at radius 3 is 2.65 bits per heavy atom. The fraction of sp³-hybridized carbons (Fsp3) is 0.481. The highest BCUT2D eigenvalue weighted by atomic mass is 35.5. The maximum Gasteiger partial charge on any atom is 0.227 e. The molecule has 0 spiro atoms. The third-order valence-corrected chi connectivity index (χ3v) is 7.81. The van der Waals surface area contributed by atoms with Crippen molar-refractivity contribution in [1.82, 2.24) is 19.8 Å². The van der Waals surface area contributed by atoms with Gasteiger partial charge in [0.05, 0.1) is 22.0 Å². The SMILES string of the molecule is Cc1ccc2nc(-c3cc(N4CCCC(C(=O)N5CCC(N(C)C)CC5)C4)ccc3Cl)[nH]c2c1. The van der Waals surface area contributed by atoms with Crippen molar-refractivity contribution in [3.05, 3.63) is 47.0 Å². The Hall–Kier alpha value is -2.57. The van der Waals surface area contributed by atoms with Crippen LogP contribution in [0.5, 0.6) is 0 Å². The number of benzene rings is 2. The minimum atomic E-state index is 0.0537. The second-order valence-electron chi connectivity index (χ2n) is 10.1. The predicted molar refractivity (Wildman–Crippen MR) is 140 cm³/mol. The van der Waals surface area contributed by atoms with Gasteiger partial charge >= 0.3 is 0 Å². The van der Waals surface area contributed by atoms with Crippen molar-refractivity contribution in [3.63, 3.8) is 0 Å². The standard InChI is InChI=1S/C27H34ClN5O/c1-18-6-9-24-25(15-18)30-26(29-24)22-16-21(7-8-23(22)28)33-12-4-5-19(17-33)27(34)32-13-10-20(11-14-32)31(2)3/h6-9,15-16,19-20H,4-5,10-14,17H2,1-3H3,(H,29,30). The first-order valence-electron chi connectivity index (χ1n) is 12.4. The summed E-state index contributed by atoms with van der Waals surface area (Å²) in [5.41, 5.74) is 5.13. The normalized spacial score (nSPS) is 19.9. The molecule has 1 aromatic heterocycles. The number of rotatable bonds is 4. The number of aromatic amines is 1. The van der Waals surface area contributed by atoms with E-state index in [1.165, 1.54) is 5.56 Å². The van der Waals surface area contributed by atoms with Crippen LogP contribution in [0.1, 0.15) is 31.2 Å². The number of fused-ring (bicyclic) bond motifs is 1. The van der Waals surface area contributed by atoms with Gasteiger partial charge in [-0.15, -0.1) is 0 Å². The van der Waals surface area contributed by atoms with E-state index in [0.717, 1.165) is 80.0 Å². The molecule has 3 heterocycles. The molecule has 2 saturated heterocycles. The van der Waals surface area contributed by atoms with Crippen LogP contribution < -0.4 is 4.90 Å². The molecule has 1 unspecified atom stereocenters. The van der Waals surface area contributed by atoms with Crippen molar-refractivity contribution in [1.29, 1.82) is 0 Å². The molecular formula is C27H34ClN5O. The molecule has 2 aliphatic rings. The van der Waals surface area contributed by atoms with Crippen LogP contribution >= 0.6 is 11.6 Å². The summed E-state index contributed by atoms with van der Waals surface area (Å²) in [7, 11) is 4.27. The highest BCUT2D eigenvalue weighted by Gasteiger charge is 2.32. The fourth-order valence-electron chi connectivity index (χ4n) is 5.42. The smallest absolute Gasteiger partial charge is 0.227 e. The van der Waals surface area contributed by atoms with Crippen LogP contribution in [0, 0.1) is 12.8 Å². The molecule has 1 atom stereocenters. The molecule has 2 aromatic carbocycles. The number of halogens is 1. The topological polar surface area (TPSA) is 55.5 Å². The Morgan fingerprint density at radius 2 is 1.88 bits per heavy atom. The number of amides is 1. The van der Waals surface area contributed by atoms with E-state index in [1.807, 2.05) is 12.1 Å². The van der Waals surface area contributed by atoms with Crippen molar-refractivity contribution in [2.45, 2.75) is 38.6 Å². The van der Waals surface area contributed by atoms with Gasteiger partial charge in [-0.3, -0.25) is 4.79 Å². The van der Waals surface area contributed by atoms with E-state index in [4.69, 9.17) is 16.6 Å². The minimum absolute atomic E-state index is 0.0537. The van der Waals surface area contributed by atoms with E-state index < -0.39 is 0 Å². The van der Waals surface area contributed by atoms with E-state index >= 15 is 0 Å². The number of carbonyl (C=O) groups is 1. The monoisotopic (exact) mass is 479 g/mol. The van der Waals surface area contributed by atoms with Gasteiger partial charge in [-0.05, 0) is 82.6 Å². The number of hydrogen-bond acceptors (Lipinski definition) is 4. The maximum absolute atomic E-state index is 13.3. The van der Waals surface area contributed by atoms with Crippen molar-refractivity contribution in [2.75, 3.05) is 45.2 Å². The Kier molecular flexibility index (Phi) is 6.54. The molecule has 2 aliphatic heterocycles. The van der Waals surface area contributed by atoms with Gasteiger partial charge in [0.1, 0.15) is 5.82 Å². The van der Waals surface area contributed by atoms with E-state index in [-0.39, 0.29) is 5.92 Å². The molecular weight excluding hydrogens is 446 g/mol. The molecule has 1 amide bonds. The fourth-order valence-corrected chi connectivity index (χ4v) is 5.62. The van der Waals surface area contributed by atoms with Crippen LogP contribution in [-0.4, -0.2) is 72.0 Å². The summed E-state index contributed by atoms with van der Waals surface area (Å²) >= 11 is 6.60. The number of H-pyrrole nitrogens is 1. The van der Waals surface area contributed by atoms with Gasteiger partial charge in [0.25, 0.3) is 0 Å². The summed E-state index contributed by atoms with van der Waals surface area (Å²) in [5, 5.41) is 0.674. The van der Waals surface area contributed by atoms with Gasteiger partial charge in [-0.25, -0.2) is 4.98 Å². The number of aryl methyl sites for hydroxylation is 1. The van der Waals surface area contributed by atoms with E-state index in [1.54, 1.807) is 0 Å². The lowest BCUT2D eigenvalue weighted by Crippen LogP contribution is -2.49. The lowest BCUT2D eigenvalue weighted by Gasteiger charge is -2.39. The number of anilines is 1. The second-order valence-corrected chi connectivity index (χ2v) is 10.5. The average molecular weight is 480 g/mol. The van der Waals surface area contributed by atoms with Gasteiger partial charge < -0.3 is 19.7 Å². The molecule has 1 N–H and O–H groups in total. The zero-order valence-corrected chi connectivity index (χ0v) is 21.1. The number of hydrogen-bond donors (Lipinski definition) is 1. The molecule has 2 fully saturated rings. The molecule has 3 aromatic rings. The first-order chi connectivity index (χ1) is 16.4. The van der Waals surface area contributed by atoms with Crippen molar-refractivity contribution >= 4 is 34.2 Å². The lowest BCUT2D eigenvalue weighted by atomic mass is 9.94. The molecule has 34 heavy (non-hydrogen) atoms.